The van der Waals surface area contributed by atoms with Gasteiger partial charge in [-0.1, -0.05) is 42.5 Å². The first kappa shape index (κ1) is 17.5. The van der Waals surface area contributed by atoms with E-state index in [0.29, 0.717) is 11.3 Å². The standard InChI is InChI=1S/C21H19N2O3/c1-15-8-9-16(2)20(12-15)26-21(25)18-13-23(11-10-22-18)14-19(24)17-6-4-3-5-7-17/h3-13H,14H2,1-2H3/q+1. The number of carbonyl (C=O) groups excluding carboxylic acids is 2. The molecule has 0 saturated carbocycles. The van der Waals surface area contributed by atoms with Crippen molar-refractivity contribution in [2.24, 2.45) is 0 Å². The van der Waals surface area contributed by atoms with Crippen molar-refractivity contribution in [2.75, 3.05) is 0 Å². The van der Waals surface area contributed by atoms with E-state index < -0.39 is 5.97 Å². The Kier molecular flexibility index (Phi) is 5.17. The number of rotatable bonds is 5. The largest absolute Gasteiger partial charge is 0.421 e. The van der Waals surface area contributed by atoms with Crippen LogP contribution in [0, 0.1) is 13.8 Å². The van der Waals surface area contributed by atoms with E-state index in [-0.39, 0.29) is 18.0 Å². The fourth-order valence-electron chi connectivity index (χ4n) is 2.49. The summed E-state index contributed by atoms with van der Waals surface area (Å²) in [5.74, 6) is -0.0941. The SMILES string of the molecule is Cc1ccc(C)c(OC(=O)c2c[n+](CC(=O)c3ccccc3)ccn2)c1. The Bertz CT molecular complexity index is 952. The van der Waals surface area contributed by atoms with Gasteiger partial charge in [-0.15, -0.1) is 0 Å². The van der Waals surface area contributed by atoms with Crippen LogP contribution in [0.3, 0.4) is 0 Å². The molecule has 1 aromatic heterocycles. The van der Waals surface area contributed by atoms with E-state index in [2.05, 4.69) is 4.98 Å². The highest BCUT2D eigenvalue weighted by Gasteiger charge is 2.18. The van der Waals surface area contributed by atoms with Gasteiger partial charge in [-0.2, -0.15) is 4.57 Å². The van der Waals surface area contributed by atoms with Crippen molar-refractivity contribution in [2.45, 2.75) is 20.4 Å². The molecule has 3 aromatic rings. The third-order valence-electron chi connectivity index (χ3n) is 3.94. The van der Waals surface area contributed by atoms with Crippen molar-refractivity contribution in [3.63, 3.8) is 0 Å². The highest BCUT2D eigenvalue weighted by molar-refractivity contribution is 5.95. The van der Waals surface area contributed by atoms with Crippen LogP contribution in [-0.4, -0.2) is 16.7 Å². The Morgan fingerprint density at radius 1 is 1.08 bits per heavy atom. The van der Waals surface area contributed by atoms with Crippen molar-refractivity contribution >= 4 is 11.8 Å². The Morgan fingerprint density at radius 2 is 1.85 bits per heavy atom. The highest BCUT2D eigenvalue weighted by Crippen LogP contribution is 2.19. The monoisotopic (exact) mass is 347 g/mol. The summed E-state index contributed by atoms with van der Waals surface area (Å²) in [5, 5.41) is 0. The number of nitrogens with zero attached hydrogens (tertiary/aromatic N) is 2. The first-order chi connectivity index (χ1) is 12.5. The van der Waals surface area contributed by atoms with Gasteiger partial charge in [0.2, 0.25) is 24.2 Å². The molecule has 3 rings (SSSR count). The number of hydrogen-bond acceptors (Lipinski definition) is 4. The summed E-state index contributed by atoms with van der Waals surface area (Å²) < 4.78 is 7.08. The van der Waals surface area contributed by atoms with Crippen LogP contribution < -0.4 is 9.30 Å². The molecule has 26 heavy (non-hydrogen) atoms. The Morgan fingerprint density at radius 3 is 2.62 bits per heavy atom. The fraction of sp³-hybridized carbons (Fsp3) is 0.143. The normalized spacial score (nSPS) is 10.4. The van der Waals surface area contributed by atoms with Crippen molar-refractivity contribution < 1.29 is 18.9 Å². The summed E-state index contributed by atoms with van der Waals surface area (Å²) in [6.45, 7) is 3.93. The van der Waals surface area contributed by atoms with Crippen LogP contribution >= 0.6 is 0 Å². The first-order valence-corrected chi connectivity index (χ1v) is 8.26. The zero-order valence-corrected chi connectivity index (χ0v) is 14.7. The Labute approximate surface area is 151 Å². The fourth-order valence-corrected chi connectivity index (χ4v) is 2.49. The van der Waals surface area contributed by atoms with E-state index >= 15 is 0 Å². The van der Waals surface area contributed by atoms with Crippen molar-refractivity contribution in [3.05, 3.63) is 89.5 Å². The lowest BCUT2D eigenvalue weighted by Crippen LogP contribution is -2.38. The van der Waals surface area contributed by atoms with Gasteiger partial charge >= 0.3 is 5.97 Å². The molecular weight excluding hydrogens is 328 g/mol. The van der Waals surface area contributed by atoms with Crippen molar-refractivity contribution in [1.82, 2.24) is 4.98 Å². The van der Waals surface area contributed by atoms with Gasteiger partial charge < -0.3 is 4.74 Å². The van der Waals surface area contributed by atoms with Crippen molar-refractivity contribution in [1.29, 1.82) is 0 Å². The number of ketones is 1. The summed E-state index contributed by atoms with van der Waals surface area (Å²) in [7, 11) is 0. The van der Waals surface area contributed by atoms with Crippen LogP contribution in [0.2, 0.25) is 0 Å². The molecule has 0 amide bonds. The molecule has 0 aliphatic heterocycles. The number of Topliss-reactive ketones (excluding diaryl/α,β-unsaturated/α-hetero) is 1. The van der Waals surface area contributed by atoms with Crippen LogP contribution in [0.1, 0.15) is 32.0 Å². The van der Waals surface area contributed by atoms with Gasteiger partial charge in [0.1, 0.15) is 5.75 Å². The molecule has 0 spiro atoms. The molecule has 130 valence electrons. The minimum absolute atomic E-state index is 0.0457. The molecule has 2 aromatic carbocycles. The summed E-state index contributed by atoms with van der Waals surface area (Å²) in [6.07, 6.45) is 4.65. The first-order valence-electron chi connectivity index (χ1n) is 8.26. The zero-order chi connectivity index (χ0) is 18.5. The summed E-state index contributed by atoms with van der Waals surface area (Å²) in [4.78, 5) is 28.8. The van der Waals surface area contributed by atoms with E-state index in [9.17, 15) is 9.59 Å². The molecule has 0 fully saturated rings. The van der Waals surface area contributed by atoms with Crippen LogP contribution in [-0.2, 0) is 6.54 Å². The highest BCUT2D eigenvalue weighted by atomic mass is 16.5. The van der Waals surface area contributed by atoms with Crippen LogP contribution in [0.15, 0.2) is 67.1 Å². The topological polar surface area (TPSA) is 60.1 Å². The molecule has 1 heterocycles. The van der Waals surface area contributed by atoms with Gasteiger partial charge in [-0.3, -0.25) is 4.79 Å². The molecule has 0 radical (unpaired) electrons. The molecule has 0 bridgehead atoms. The van der Waals surface area contributed by atoms with E-state index in [0.717, 1.165) is 11.1 Å². The maximum Gasteiger partial charge on any atom is 0.368 e. The number of aromatic nitrogens is 2. The predicted molar refractivity (Wildman–Crippen MR) is 96.1 cm³/mol. The Hall–Kier alpha value is -3.34. The molecule has 0 aliphatic rings. The van der Waals surface area contributed by atoms with E-state index in [1.807, 2.05) is 50.2 Å². The average molecular weight is 347 g/mol. The molecule has 0 N–H and O–H groups in total. The lowest BCUT2D eigenvalue weighted by molar-refractivity contribution is -0.683. The van der Waals surface area contributed by atoms with Gasteiger partial charge in [0.25, 0.3) is 0 Å². The lowest BCUT2D eigenvalue weighted by atomic mass is 10.1. The van der Waals surface area contributed by atoms with E-state index in [1.165, 1.54) is 12.4 Å². The number of hydrogen-bond donors (Lipinski definition) is 0. The number of ether oxygens (including phenoxy) is 1. The van der Waals surface area contributed by atoms with Gasteiger partial charge in [0.15, 0.2) is 6.20 Å². The van der Waals surface area contributed by atoms with Crippen LogP contribution in [0.4, 0.5) is 0 Å². The average Bonchev–Trinajstić information content (AvgIpc) is 2.65. The minimum atomic E-state index is -0.555. The maximum atomic E-state index is 12.4. The number of aryl methyl sites for hydroxylation is 2. The summed E-state index contributed by atoms with van der Waals surface area (Å²) in [6, 6.07) is 14.7. The third-order valence-corrected chi connectivity index (χ3v) is 3.94. The molecule has 5 heteroatoms. The van der Waals surface area contributed by atoms with Gasteiger partial charge in [0, 0.05) is 5.56 Å². The minimum Gasteiger partial charge on any atom is -0.421 e. The smallest absolute Gasteiger partial charge is 0.368 e. The zero-order valence-electron chi connectivity index (χ0n) is 14.7. The third kappa shape index (κ3) is 4.19. The maximum absolute atomic E-state index is 12.4. The van der Waals surface area contributed by atoms with Gasteiger partial charge in [-0.25, -0.2) is 9.78 Å². The van der Waals surface area contributed by atoms with Crippen LogP contribution in [0.5, 0.6) is 5.75 Å². The number of benzene rings is 2. The molecular formula is C21H19N2O3+. The summed E-state index contributed by atoms with van der Waals surface area (Å²) in [5.41, 5.74) is 2.64. The molecule has 5 nitrogen and oxygen atoms in total. The van der Waals surface area contributed by atoms with Gasteiger partial charge in [-0.05, 0) is 31.0 Å². The number of esters is 1. The van der Waals surface area contributed by atoms with E-state index in [4.69, 9.17) is 4.74 Å². The predicted octanol–water partition coefficient (Wildman–Crippen LogP) is 3.09. The van der Waals surface area contributed by atoms with Crippen molar-refractivity contribution in [3.8, 4) is 5.75 Å². The van der Waals surface area contributed by atoms with E-state index in [1.54, 1.807) is 22.9 Å². The second kappa shape index (κ2) is 7.70. The summed E-state index contributed by atoms with van der Waals surface area (Å²) >= 11 is 0. The Balaban J connectivity index is 1.75. The molecule has 0 aliphatic carbocycles. The second-order valence-electron chi connectivity index (χ2n) is 6.06. The quantitative estimate of drug-likeness (QED) is 0.308. The second-order valence-corrected chi connectivity index (χ2v) is 6.06. The van der Waals surface area contributed by atoms with Crippen LogP contribution in [0.25, 0.3) is 0 Å². The molecule has 0 atom stereocenters. The lowest BCUT2D eigenvalue weighted by Gasteiger charge is -2.07. The molecule has 0 unspecified atom stereocenters. The molecule has 0 saturated heterocycles. The van der Waals surface area contributed by atoms with Gasteiger partial charge in [0.05, 0.1) is 6.20 Å². The number of carbonyl (C=O) groups is 2.